The first-order valence-electron chi connectivity index (χ1n) is 7.21. The molecule has 1 fully saturated rings. The third-order valence-electron chi connectivity index (χ3n) is 3.15. The molecule has 0 aromatic heterocycles. The van der Waals surface area contributed by atoms with Crippen LogP contribution in [0.3, 0.4) is 0 Å². The largest absolute Gasteiger partial charge is 0.322 e. The van der Waals surface area contributed by atoms with Gasteiger partial charge in [0.1, 0.15) is 0 Å². The molecule has 1 aromatic rings. The van der Waals surface area contributed by atoms with Gasteiger partial charge in [0.2, 0.25) is 0 Å². The summed E-state index contributed by atoms with van der Waals surface area (Å²) in [5.41, 5.74) is 1.38. The Balaban J connectivity index is 2.01. The predicted molar refractivity (Wildman–Crippen MR) is 95.6 cm³/mol. The summed E-state index contributed by atoms with van der Waals surface area (Å²) in [7, 11) is -2.17. The Morgan fingerprint density at radius 2 is 1.77 bits per heavy atom. The van der Waals surface area contributed by atoms with E-state index in [1.54, 1.807) is 36.8 Å². The highest BCUT2D eigenvalue weighted by atomic mass is 32.2. The maximum absolute atomic E-state index is 12.3. The SMILES string of the molecule is CC1CN(C(=O)Nc2ccc(N=S(C)(C)=O)cc2)CC(C)S1. The summed E-state index contributed by atoms with van der Waals surface area (Å²) in [6.07, 6.45) is 3.19. The van der Waals surface area contributed by atoms with Gasteiger partial charge in [-0.1, -0.05) is 13.8 Å². The molecule has 0 saturated carbocycles. The van der Waals surface area contributed by atoms with E-state index in [2.05, 4.69) is 23.5 Å². The van der Waals surface area contributed by atoms with Gasteiger partial charge in [-0.25, -0.2) is 9.00 Å². The predicted octanol–water partition coefficient (Wildman–Crippen LogP) is 3.40. The van der Waals surface area contributed by atoms with Crippen molar-refractivity contribution in [2.75, 3.05) is 30.9 Å². The number of benzene rings is 1. The van der Waals surface area contributed by atoms with Gasteiger partial charge in [0.25, 0.3) is 0 Å². The van der Waals surface area contributed by atoms with Crippen LogP contribution in [0, 0.1) is 0 Å². The first kappa shape index (κ1) is 17.1. The summed E-state index contributed by atoms with van der Waals surface area (Å²) in [6.45, 7) is 5.82. The van der Waals surface area contributed by atoms with Crippen molar-refractivity contribution in [1.29, 1.82) is 0 Å². The average molecular weight is 342 g/mol. The quantitative estimate of drug-likeness (QED) is 0.897. The highest BCUT2D eigenvalue weighted by molar-refractivity contribution is 8.00. The standard InChI is InChI=1S/C15H23N3O2S2/c1-11-9-18(10-12(2)21-11)15(19)16-13-5-7-14(8-6-13)17-22(3,4)20/h5-8,11-12H,9-10H2,1-4H3,(H,16,19). The molecule has 2 unspecified atom stereocenters. The Labute approximate surface area is 137 Å². The third kappa shape index (κ3) is 5.21. The number of hydrogen-bond acceptors (Lipinski definition) is 4. The van der Waals surface area contributed by atoms with Gasteiger partial charge in [-0.2, -0.15) is 16.1 Å². The third-order valence-corrected chi connectivity index (χ3v) is 5.03. The number of urea groups is 1. The zero-order valence-electron chi connectivity index (χ0n) is 13.4. The van der Waals surface area contributed by atoms with Crippen LogP contribution < -0.4 is 5.32 Å². The molecule has 0 radical (unpaired) electrons. The molecule has 2 atom stereocenters. The lowest BCUT2D eigenvalue weighted by Crippen LogP contribution is -2.45. The number of amides is 2. The van der Waals surface area contributed by atoms with Gasteiger partial charge in [-0.05, 0) is 24.3 Å². The van der Waals surface area contributed by atoms with Gasteiger partial charge in [0.15, 0.2) is 0 Å². The molecule has 122 valence electrons. The zero-order chi connectivity index (χ0) is 16.3. The van der Waals surface area contributed by atoms with Gasteiger partial charge in [-0.3, -0.25) is 0 Å². The van der Waals surface area contributed by atoms with E-state index in [9.17, 15) is 9.00 Å². The Hall–Kier alpha value is -1.21. The van der Waals surface area contributed by atoms with E-state index < -0.39 is 9.73 Å². The van der Waals surface area contributed by atoms with Crippen molar-refractivity contribution >= 4 is 38.9 Å². The van der Waals surface area contributed by atoms with Crippen LogP contribution in [0.25, 0.3) is 0 Å². The fraction of sp³-hybridized carbons (Fsp3) is 0.533. The van der Waals surface area contributed by atoms with E-state index in [1.807, 2.05) is 16.7 Å². The molecule has 2 rings (SSSR count). The van der Waals surface area contributed by atoms with Crippen molar-refractivity contribution < 1.29 is 9.00 Å². The summed E-state index contributed by atoms with van der Waals surface area (Å²) in [6, 6.07) is 7.03. The first-order valence-corrected chi connectivity index (χ1v) is 10.5. The van der Waals surface area contributed by atoms with Crippen molar-refractivity contribution in [2.45, 2.75) is 24.3 Å². The minimum absolute atomic E-state index is 0.0709. The van der Waals surface area contributed by atoms with Gasteiger partial charge in [-0.15, -0.1) is 0 Å². The lowest BCUT2D eigenvalue weighted by molar-refractivity contribution is 0.211. The summed E-state index contributed by atoms with van der Waals surface area (Å²) in [5.74, 6) is 0. The monoisotopic (exact) mass is 341 g/mol. The molecule has 0 spiro atoms. The topological polar surface area (TPSA) is 61.8 Å². The molecule has 7 heteroatoms. The van der Waals surface area contributed by atoms with E-state index >= 15 is 0 Å². The number of thioether (sulfide) groups is 1. The molecule has 1 saturated heterocycles. The van der Waals surface area contributed by atoms with Crippen LogP contribution in [0.5, 0.6) is 0 Å². The molecule has 1 aliphatic rings. The number of nitrogens with zero attached hydrogens (tertiary/aromatic N) is 2. The molecule has 1 heterocycles. The number of hydrogen-bond donors (Lipinski definition) is 1. The molecule has 2 amide bonds. The Morgan fingerprint density at radius 1 is 1.23 bits per heavy atom. The number of carbonyl (C=O) groups is 1. The number of rotatable bonds is 2. The van der Waals surface area contributed by atoms with Gasteiger partial charge in [0.05, 0.1) is 5.69 Å². The zero-order valence-corrected chi connectivity index (χ0v) is 15.0. The van der Waals surface area contributed by atoms with E-state index in [1.165, 1.54) is 0 Å². The summed E-state index contributed by atoms with van der Waals surface area (Å²) >= 11 is 1.91. The summed E-state index contributed by atoms with van der Waals surface area (Å²) in [5, 5.41) is 3.82. The Kier molecular flexibility index (Phi) is 5.39. The average Bonchev–Trinajstić information content (AvgIpc) is 2.38. The second-order valence-electron chi connectivity index (χ2n) is 5.91. The molecule has 1 N–H and O–H groups in total. The molecule has 22 heavy (non-hydrogen) atoms. The normalized spacial score (nSPS) is 22.3. The molecule has 1 aliphatic heterocycles. The van der Waals surface area contributed by atoms with Crippen molar-refractivity contribution in [3.8, 4) is 0 Å². The number of nitrogens with one attached hydrogen (secondary N) is 1. The second-order valence-corrected chi connectivity index (χ2v) is 10.3. The fourth-order valence-electron chi connectivity index (χ4n) is 2.41. The molecular weight excluding hydrogens is 318 g/mol. The van der Waals surface area contributed by atoms with Gasteiger partial charge in [0, 0.05) is 51.5 Å². The minimum atomic E-state index is -2.17. The number of carbonyl (C=O) groups excluding carboxylic acids is 1. The van der Waals surface area contributed by atoms with Crippen LogP contribution >= 0.6 is 11.8 Å². The summed E-state index contributed by atoms with van der Waals surface area (Å²) in [4.78, 5) is 14.2. The minimum Gasteiger partial charge on any atom is -0.322 e. The van der Waals surface area contributed by atoms with Gasteiger partial charge < -0.3 is 10.2 Å². The molecule has 0 bridgehead atoms. The fourth-order valence-corrected chi connectivity index (χ4v) is 4.36. The van der Waals surface area contributed by atoms with Crippen molar-refractivity contribution in [3.63, 3.8) is 0 Å². The molecular formula is C15H23N3O2S2. The van der Waals surface area contributed by atoms with E-state index in [0.29, 0.717) is 16.2 Å². The van der Waals surface area contributed by atoms with Crippen molar-refractivity contribution in [3.05, 3.63) is 24.3 Å². The number of anilines is 1. The van der Waals surface area contributed by atoms with Crippen LogP contribution in [0.1, 0.15) is 13.8 Å². The smallest absolute Gasteiger partial charge is 0.321 e. The summed E-state index contributed by atoms with van der Waals surface area (Å²) < 4.78 is 15.8. The van der Waals surface area contributed by atoms with E-state index in [-0.39, 0.29) is 6.03 Å². The van der Waals surface area contributed by atoms with Crippen molar-refractivity contribution in [2.24, 2.45) is 4.36 Å². The maximum Gasteiger partial charge on any atom is 0.321 e. The van der Waals surface area contributed by atoms with Crippen LogP contribution in [-0.2, 0) is 9.73 Å². The van der Waals surface area contributed by atoms with E-state index in [0.717, 1.165) is 18.8 Å². The first-order chi connectivity index (χ1) is 10.2. The van der Waals surface area contributed by atoms with Crippen molar-refractivity contribution in [1.82, 2.24) is 4.90 Å². The van der Waals surface area contributed by atoms with Crippen LogP contribution in [0.4, 0.5) is 16.2 Å². The van der Waals surface area contributed by atoms with Crippen LogP contribution in [0.2, 0.25) is 0 Å². The second kappa shape index (κ2) is 6.91. The maximum atomic E-state index is 12.3. The molecule has 0 aliphatic carbocycles. The molecule has 1 aromatic carbocycles. The van der Waals surface area contributed by atoms with Gasteiger partial charge >= 0.3 is 6.03 Å². The lowest BCUT2D eigenvalue weighted by Gasteiger charge is -2.34. The van der Waals surface area contributed by atoms with Crippen LogP contribution in [0.15, 0.2) is 28.6 Å². The molecule has 5 nitrogen and oxygen atoms in total. The lowest BCUT2D eigenvalue weighted by atomic mass is 10.3. The van der Waals surface area contributed by atoms with Crippen LogP contribution in [-0.4, -0.2) is 51.2 Å². The highest BCUT2D eigenvalue weighted by Crippen LogP contribution is 2.25. The Morgan fingerprint density at radius 3 is 2.27 bits per heavy atom. The Bertz CT molecular complexity index is 633. The van der Waals surface area contributed by atoms with E-state index in [4.69, 9.17) is 0 Å². The highest BCUT2D eigenvalue weighted by Gasteiger charge is 2.25.